The number of hydrogen-bond acceptors (Lipinski definition) is 4. The number of piperazine rings is 1. The summed E-state index contributed by atoms with van der Waals surface area (Å²) in [6.45, 7) is 10.3. The largest absolute Gasteiger partial charge is 0.388 e. The van der Waals surface area contributed by atoms with Gasteiger partial charge in [-0.15, -0.1) is 0 Å². The smallest absolute Gasteiger partial charge is 0.194 e. The van der Waals surface area contributed by atoms with E-state index in [0.717, 1.165) is 43.7 Å². The fourth-order valence-electron chi connectivity index (χ4n) is 3.64. The molecule has 0 atom stereocenters. The number of anilines is 1. The van der Waals surface area contributed by atoms with Crippen molar-refractivity contribution in [1.82, 2.24) is 10.2 Å². The number of benzene rings is 1. The van der Waals surface area contributed by atoms with E-state index in [4.69, 9.17) is 21.3 Å². The third kappa shape index (κ3) is 5.27. The summed E-state index contributed by atoms with van der Waals surface area (Å²) < 4.78 is 5.36. The van der Waals surface area contributed by atoms with Crippen LogP contribution in [0.3, 0.4) is 0 Å². The fourth-order valence-corrected chi connectivity index (χ4v) is 3.81. The molecule has 0 unspecified atom stereocenters. The maximum absolute atomic E-state index is 10.7. The molecule has 2 aliphatic heterocycles. The van der Waals surface area contributed by atoms with Crippen LogP contribution in [0, 0.1) is 6.92 Å². The van der Waals surface area contributed by atoms with Gasteiger partial charge in [0.2, 0.25) is 0 Å². The Hall–Kier alpha value is -1.50. The molecule has 2 fully saturated rings. The van der Waals surface area contributed by atoms with Gasteiger partial charge >= 0.3 is 0 Å². The Bertz CT molecular complexity index is 653. The minimum absolute atomic E-state index is 0.423. The summed E-state index contributed by atoms with van der Waals surface area (Å²) in [7, 11) is 0. The zero-order valence-electron chi connectivity index (χ0n) is 16.4. The van der Waals surface area contributed by atoms with Gasteiger partial charge in [0.05, 0.1) is 12.1 Å². The zero-order valence-corrected chi connectivity index (χ0v) is 17.1. The van der Waals surface area contributed by atoms with E-state index >= 15 is 0 Å². The molecule has 0 amide bonds. The lowest BCUT2D eigenvalue weighted by Gasteiger charge is -2.39. The molecule has 7 heteroatoms. The van der Waals surface area contributed by atoms with E-state index in [2.05, 4.69) is 35.0 Å². The van der Waals surface area contributed by atoms with E-state index < -0.39 is 5.60 Å². The molecule has 2 N–H and O–H groups in total. The molecule has 0 bridgehead atoms. The van der Waals surface area contributed by atoms with Crippen LogP contribution in [0.1, 0.15) is 25.3 Å². The highest BCUT2D eigenvalue weighted by Gasteiger charge is 2.30. The summed E-state index contributed by atoms with van der Waals surface area (Å²) in [4.78, 5) is 9.41. The first-order valence-electron chi connectivity index (χ1n) is 9.85. The van der Waals surface area contributed by atoms with E-state index in [1.807, 2.05) is 12.1 Å². The van der Waals surface area contributed by atoms with E-state index in [1.54, 1.807) is 0 Å². The monoisotopic (exact) mass is 394 g/mol. The Kier molecular flexibility index (Phi) is 6.84. The van der Waals surface area contributed by atoms with E-state index in [9.17, 15) is 5.11 Å². The summed E-state index contributed by atoms with van der Waals surface area (Å²) in [5, 5.41) is 14.8. The lowest BCUT2D eigenvalue weighted by molar-refractivity contribution is -0.0566. The van der Waals surface area contributed by atoms with Gasteiger partial charge in [0.15, 0.2) is 5.96 Å². The normalized spacial score (nSPS) is 20.7. The predicted molar refractivity (Wildman–Crippen MR) is 111 cm³/mol. The second kappa shape index (κ2) is 9.13. The van der Waals surface area contributed by atoms with Crippen LogP contribution >= 0.6 is 11.6 Å². The molecule has 0 radical (unpaired) electrons. The first kappa shape index (κ1) is 20.2. The predicted octanol–water partition coefficient (Wildman–Crippen LogP) is 2.28. The molecule has 2 aliphatic rings. The fraction of sp³-hybridized carbons (Fsp3) is 0.650. The van der Waals surface area contributed by atoms with Crippen LogP contribution in [-0.2, 0) is 4.74 Å². The number of guanidine groups is 1. The second-order valence-corrected chi connectivity index (χ2v) is 7.85. The quantitative estimate of drug-likeness (QED) is 0.606. The third-order valence-electron chi connectivity index (χ3n) is 5.37. The van der Waals surface area contributed by atoms with Crippen LogP contribution in [0.15, 0.2) is 23.2 Å². The molecule has 0 spiro atoms. The van der Waals surface area contributed by atoms with Crippen molar-refractivity contribution in [3.63, 3.8) is 0 Å². The van der Waals surface area contributed by atoms with Crippen molar-refractivity contribution in [3.05, 3.63) is 28.8 Å². The Morgan fingerprint density at radius 2 is 1.96 bits per heavy atom. The molecule has 1 aromatic rings. The number of rotatable bonds is 4. The highest BCUT2D eigenvalue weighted by atomic mass is 35.5. The van der Waals surface area contributed by atoms with Gasteiger partial charge in [-0.25, -0.2) is 0 Å². The first-order valence-corrected chi connectivity index (χ1v) is 10.2. The van der Waals surface area contributed by atoms with Crippen LogP contribution in [0.4, 0.5) is 5.69 Å². The standard InChI is InChI=1S/C20H31ClN4O2/c1-3-22-19(23-15-20(26)6-12-27-13-7-20)25-10-8-24(9-11-25)18-14-17(21)5-4-16(18)2/h4-5,14,26H,3,6-13,15H2,1-2H3,(H,22,23). The van der Waals surface area contributed by atoms with Crippen LogP contribution in [0.25, 0.3) is 0 Å². The van der Waals surface area contributed by atoms with Gasteiger partial charge in [-0.1, -0.05) is 17.7 Å². The Balaban J connectivity index is 1.62. The van der Waals surface area contributed by atoms with Crippen molar-refractivity contribution in [1.29, 1.82) is 0 Å². The van der Waals surface area contributed by atoms with Crippen LogP contribution in [-0.4, -0.2) is 74.0 Å². The van der Waals surface area contributed by atoms with Gasteiger partial charge in [-0.05, 0) is 31.5 Å². The van der Waals surface area contributed by atoms with Crippen LogP contribution < -0.4 is 10.2 Å². The van der Waals surface area contributed by atoms with Crippen molar-refractivity contribution in [2.24, 2.45) is 4.99 Å². The minimum Gasteiger partial charge on any atom is -0.388 e. The molecule has 0 aliphatic carbocycles. The van der Waals surface area contributed by atoms with E-state index in [-0.39, 0.29) is 0 Å². The number of aliphatic hydroxyl groups is 1. The molecule has 6 nitrogen and oxygen atoms in total. The van der Waals surface area contributed by atoms with Crippen LogP contribution in [0.5, 0.6) is 0 Å². The maximum atomic E-state index is 10.7. The van der Waals surface area contributed by atoms with Crippen molar-refractivity contribution in [3.8, 4) is 0 Å². The highest BCUT2D eigenvalue weighted by molar-refractivity contribution is 6.30. The molecule has 2 heterocycles. The molecule has 0 aromatic heterocycles. The number of hydrogen-bond donors (Lipinski definition) is 2. The third-order valence-corrected chi connectivity index (χ3v) is 5.61. The Morgan fingerprint density at radius 3 is 2.63 bits per heavy atom. The number of aryl methyl sites for hydroxylation is 1. The number of nitrogens with zero attached hydrogens (tertiary/aromatic N) is 3. The number of ether oxygens (including phenoxy) is 1. The number of halogens is 1. The summed E-state index contributed by atoms with van der Waals surface area (Å²) in [6.07, 6.45) is 1.30. The first-order chi connectivity index (χ1) is 13.0. The van der Waals surface area contributed by atoms with Crippen molar-refractivity contribution in [2.45, 2.75) is 32.3 Å². The zero-order chi connectivity index (χ0) is 19.3. The van der Waals surface area contributed by atoms with Gasteiger partial charge in [-0.3, -0.25) is 4.99 Å². The molecule has 1 aromatic carbocycles. The number of nitrogens with one attached hydrogen (secondary N) is 1. The molecule has 27 heavy (non-hydrogen) atoms. The van der Waals surface area contributed by atoms with E-state index in [1.165, 1.54) is 11.3 Å². The van der Waals surface area contributed by atoms with Crippen molar-refractivity contribution >= 4 is 23.2 Å². The molecular formula is C20H31ClN4O2. The van der Waals surface area contributed by atoms with E-state index in [0.29, 0.717) is 32.6 Å². The van der Waals surface area contributed by atoms with Gasteiger partial charge in [0.25, 0.3) is 0 Å². The molecule has 0 saturated carbocycles. The molecule has 3 rings (SSSR count). The highest BCUT2D eigenvalue weighted by Crippen LogP contribution is 2.25. The van der Waals surface area contributed by atoms with Gasteiger partial charge in [-0.2, -0.15) is 0 Å². The van der Waals surface area contributed by atoms with Gasteiger partial charge < -0.3 is 25.0 Å². The minimum atomic E-state index is -0.737. The van der Waals surface area contributed by atoms with Crippen LogP contribution in [0.2, 0.25) is 5.02 Å². The van der Waals surface area contributed by atoms with Gasteiger partial charge in [0.1, 0.15) is 0 Å². The summed E-state index contributed by atoms with van der Waals surface area (Å²) in [6, 6.07) is 6.06. The SMILES string of the molecule is CCNC(=NCC1(O)CCOCC1)N1CCN(c2cc(Cl)ccc2C)CC1. The topological polar surface area (TPSA) is 60.3 Å². The Labute approximate surface area is 167 Å². The Morgan fingerprint density at radius 1 is 1.26 bits per heavy atom. The van der Waals surface area contributed by atoms with Crippen molar-refractivity contribution < 1.29 is 9.84 Å². The number of aliphatic imine (C=N–C) groups is 1. The summed E-state index contributed by atoms with van der Waals surface area (Å²) >= 11 is 6.19. The summed E-state index contributed by atoms with van der Waals surface area (Å²) in [5.41, 5.74) is 1.72. The molecule has 2 saturated heterocycles. The second-order valence-electron chi connectivity index (χ2n) is 7.41. The average molecular weight is 395 g/mol. The van der Waals surface area contributed by atoms with Crippen molar-refractivity contribution in [2.75, 3.05) is 57.4 Å². The van der Waals surface area contributed by atoms with Gasteiger partial charge in [0, 0.05) is 69.5 Å². The summed E-state index contributed by atoms with van der Waals surface area (Å²) in [5.74, 6) is 0.889. The molecular weight excluding hydrogens is 364 g/mol. The lowest BCUT2D eigenvalue weighted by Crippen LogP contribution is -2.53. The molecule has 150 valence electrons. The maximum Gasteiger partial charge on any atom is 0.194 e. The average Bonchev–Trinajstić information content (AvgIpc) is 2.68. The lowest BCUT2D eigenvalue weighted by atomic mass is 9.95.